The molecule has 0 bridgehead atoms. The molecular formula is C8H14F2N4O. The molecule has 0 aliphatic heterocycles. The molecule has 0 aromatic carbocycles. The number of carbonyl (C=O) groups excluding carboxylic acids is 1. The van der Waals surface area contributed by atoms with Crippen molar-refractivity contribution in [1.29, 1.82) is 0 Å². The molecule has 0 heterocycles. The number of halogens is 2. The zero-order valence-corrected chi connectivity index (χ0v) is 8.17. The molecule has 0 unspecified atom stereocenters. The summed E-state index contributed by atoms with van der Waals surface area (Å²) in [7, 11) is 0. The van der Waals surface area contributed by atoms with E-state index in [1.54, 1.807) is 0 Å². The predicted molar refractivity (Wildman–Crippen MR) is 51.7 cm³/mol. The summed E-state index contributed by atoms with van der Waals surface area (Å²) in [6, 6.07) is 0.359. The number of nitrogens with one attached hydrogen (secondary N) is 2. The maximum Gasteiger partial charge on any atom is 0.255 e. The lowest BCUT2D eigenvalue weighted by molar-refractivity contribution is -0.120. The van der Waals surface area contributed by atoms with Gasteiger partial charge in [0.1, 0.15) is 6.54 Å². The Labute approximate surface area is 86.1 Å². The van der Waals surface area contributed by atoms with Crippen molar-refractivity contribution in [1.82, 2.24) is 10.6 Å². The lowest BCUT2D eigenvalue weighted by atomic mass is 10.5. The van der Waals surface area contributed by atoms with Gasteiger partial charge in [0.25, 0.3) is 6.43 Å². The van der Waals surface area contributed by atoms with Crippen molar-refractivity contribution < 1.29 is 13.6 Å². The van der Waals surface area contributed by atoms with Crippen LogP contribution in [-0.4, -0.2) is 37.4 Å². The fourth-order valence-electron chi connectivity index (χ4n) is 0.886. The van der Waals surface area contributed by atoms with E-state index >= 15 is 0 Å². The smallest absolute Gasteiger partial charge is 0.255 e. The van der Waals surface area contributed by atoms with Crippen LogP contribution in [0.3, 0.4) is 0 Å². The number of guanidine groups is 1. The minimum Gasteiger partial charge on any atom is -0.370 e. The van der Waals surface area contributed by atoms with Gasteiger partial charge in [0.05, 0.1) is 6.54 Å². The quantitative estimate of drug-likeness (QED) is 0.429. The van der Waals surface area contributed by atoms with Crippen molar-refractivity contribution in [2.45, 2.75) is 25.3 Å². The van der Waals surface area contributed by atoms with Crippen molar-refractivity contribution in [3.63, 3.8) is 0 Å². The number of nitrogens with two attached hydrogens (primary N) is 1. The Morgan fingerprint density at radius 3 is 2.73 bits per heavy atom. The fourth-order valence-corrected chi connectivity index (χ4v) is 0.886. The van der Waals surface area contributed by atoms with Gasteiger partial charge >= 0.3 is 0 Å². The molecule has 1 amide bonds. The number of hydrogen-bond donors (Lipinski definition) is 3. The van der Waals surface area contributed by atoms with Crippen LogP contribution in [0, 0.1) is 0 Å². The second-order valence-electron chi connectivity index (χ2n) is 3.32. The van der Waals surface area contributed by atoms with Crippen LogP contribution in [0.4, 0.5) is 8.78 Å². The summed E-state index contributed by atoms with van der Waals surface area (Å²) in [5, 5.41) is 4.90. The minimum atomic E-state index is -2.54. The number of amides is 1. The van der Waals surface area contributed by atoms with E-state index < -0.39 is 18.9 Å². The van der Waals surface area contributed by atoms with E-state index in [1.807, 2.05) is 5.32 Å². The molecule has 15 heavy (non-hydrogen) atoms. The third kappa shape index (κ3) is 5.82. The highest BCUT2D eigenvalue weighted by Crippen LogP contribution is 2.17. The Hall–Kier alpha value is -1.40. The molecule has 0 radical (unpaired) electrons. The highest BCUT2D eigenvalue weighted by molar-refractivity contribution is 5.84. The topological polar surface area (TPSA) is 79.5 Å². The lowest BCUT2D eigenvalue weighted by Gasteiger charge is -2.04. The molecule has 5 nitrogen and oxygen atoms in total. The first-order valence-electron chi connectivity index (χ1n) is 4.69. The molecule has 7 heteroatoms. The van der Waals surface area contributed by atoms with Crippen molar-refractivity contribution in [2.75, 3.05) is 13.1 Å². The number of carbonyl (C=O) groups is 1. The highest BCUT2D eigenvalue weighted by Gasteiger charge is 2.21. The van der Waals surface area contributed by atoms with Crippen LogP contribution in [0.25, 0.3) is 0 Å². The number of alkyl halides is 2. The van der Waals surface area contributed by atoms with E-state index in [2.05, 4.69) is 10.3 Å². The van der Waals surface area contributed by atoms with Gasteiger partial charge in [-0.3, -0.25) is 4.79 Å². The zero-order valence-electron chi connectivity index (χ0n) is 8.17. The van der Waals surface area contributed by atoms with Gasteiger partial charge in [0.2, 0.25) is 5.91 Å². The molecular weight excluding hydrogens is 206 g/mol. The van der Waals surface area contributed by atoms with Gasteiger partial charge < -0.3 is 16.4 Å². The van der Waals surface area contributed by atoms with Crippen LogP contribution >= 0.6 is 0 Å². The fraction of sp³-hybridized carbons (Fsp3) is 0.750. The highest BCUT2D eigenvalue weighted by atomic mass is 19.3. The lowest BCUT2D eigenvalue weighted by Crippen LogP contribution is -2.36. The van der Waals surface area contributed by atoms with E-state index in [-0.39, 0.29) is 12.5 Å². The SMILES string of the molecule is NC(=NCC(=O)NCC(F)F)NC1CC1. The standard InChI is InChI=1S/C8H14F2N4O/c9-6(10)3-12-7(15)4-13-8(11)14-5-1-2-5/h5-6H,1-4H2,(H,12,15)(H3,11,13,14). The average Bonchev–Trinajstić information content (AvgIpc) is 2.95. The Balaban J connectivity index is 2.13. The van der Waals surface area contributed by atoms with Crippen LogP contribution in [0.2, 0.25) is 0 Å². The number of nitrogens with zero attached hydrogens (tertiary/aromatic N) is 1. The molecule has 86 valence electrons. The Bertz CT molecular complexity index is 253. The van der Waals surface area contributed by atoms with Gasteiger partial charge in [-0.1, -0.05) is 0 Å². The van der Waals surface area contributed by atoms with Crippen LogP contribution in [0.5, 0.6) is 0 Å². The minimum absolute atomic E-state index is 0.185. The van der Waals surface area contributed by atoms with E-state index in [0.717, 1.165) is 12.8 Å². The Morgan fingerprint density at radius 1 is 1.53 bits per heavy atom. The molecule has 0 spiro atoms. The molecule has 1 aliphatic carbocycles. The van der Waals surface area contributed by atoms with Crippen molar-refractivity contribution in [3.05, 3.63) is 0 Å². The predicted octanol–water partition coefficient (Wildman–Crippen LogP) is -0.566. The normalized spacial score (nSPS) is 16.6. The summed E-state index contributed by atoms with van der Waals surface area (Å²) in [4.78, 5) is 14.6. The molecule has 0 saturated heterocycles. The summed E-state index contributed by atoms with van der Waals surface area (Å²) in [5.41, 5.74) is 5.43. The van der Waals surface area contributed by atoms with E-state index in [1.165, 1.54) is 0 Å². The van der Waals surface area contributed by atoms with Crippen molar-refractivity contribution >= 4 is 11.9 Å². The van der Waals surface area contributed by atoms with Gasteiger partial charge in [-0.2, -0.15) is 0 Å². The van der Waals surface area contributed by atoms with Crippen LogP contribution < -0.4 is 16.4 Å². The van der Waals surface area contributed by atoms with Crippen molar-refractivity contribution in [2.24, 2.45) is 10.7 Å². The van der Waals surface area contributed by atoms with Gasteiger partial charge in [-0.25, -0.2) is 13.8 Å². The summed E-state index contributed by atoms with van der Waals surface area (Å²) >= 11 is 0. The Kier molecular flexibility index (Phi) is 4.26. The van der Waals surface area contributed by atoms with Gasteiger partial charge in [0.15, 0.2) is 5.96 Å². The summed E-state index contributed by atoms with van der Waals surface area (Å²) in [5.74, 6) is -0.374. The summed E-state index contributed by atoms with van der Waals surface area (Å²) in [6.07, 6.45) is -0.443. The first-order valence-corrected chi connectivity index (χ1v) is 4.69. The van der Waals surface area contributed by atoms with E-state index in [9.17, 15) is 13.6 Å². The molecule has 4 N–H and O–H groups in total. The van der Waals surface area contributed by atoms with Crippen LogP contribution in [-0.2, 0) is 4.79 Å². The molecule has 0 atom stereocenters. The second-order valence-corrected chi connectivity index (χ2v) is 3.32. The van der Waals surface area contributed by atoms with Gasteiger partial charge in [-0.05, 0) is 12.8 Å². The molecule has 1 rings (SSSR count). The summed E-state index contributed by atoms with van der Waals surface area (Å²) in [6.45, 7) is -0.872. The molecule has 0 aromatic rings. The monoisotopic (exact) mass is 220 g/mol. The van der Waals surface area contributed by atoms with Gasteiger partial charge in [-0.15, -0.1) is 0 Å². The number of aliphatic imine (C=N–C) groups is 1. The average molecular weight is 220 g/mol. The van der Waals surface area contributed by atoms with Gasteiger partial charge in [0, 0.05) is 6.04 Å². The first-order chi connectivity index (χ1) is 7.08. The van der Waals surface area contributed by atoms with E-state index in [4.69, 9.17) is 5.73 Å². The molecule has 0 aromatic heterocycles. The second kappa shape index (κ2) is 5.47. The Morgan fingerprint density at radius 2 is 2.20 bits per heavy atom. The third-order valence-corrected chi connectivity index (χ3v) is 1.78. The number of rotatable bonds is 5. The largest absolute Gasteiger partial charge is 0.370 e. The van der Waals surface area contributed by atoms with Crippen LogP contribution in [0.15, 0.2) is 4.99 Å². The molecule has 1 saturated carbocycles. The number of hydrogen-bond acceptors (Lipinski definition) is 2. The zero-order chi connectivity index (χ0) is 11.3. The van der Waals surface area contributed by atoms with Crippen LogP contribution in [0.1, 0.15) is 12.8 Å². The first kappa shape index (κ1) is 11.7. The molecule has 1 fully saturated rings. The van der Waals surface area contributed by atoms with Crippen molar-refractivity contribution in [3.8, 4) is 0 Å². The maximum atomic E-state index is 11.7. The maximum absolute atomic E-state index is 11.7. The summed E-state index contributed by atoms with van der Waals surface area (Å²) < 4.78 is 23.4. The molecule has 1 aliphatic rings. The van der Waals surface area contributed by atoms with E-state index in [0.29, 0.717) is 6.04 Å². The third-order valence-electron chi connectivity index (χ3n) is 1.78.